The van der Waals surface area contributed by atoms with Gasteiger partial charge in [0.15, 0.2) is 0 Å². The van der Waals surface area contributed by atoms with E-state index in [4.69, 9.17) is 0 Å². The van der Waals surface area contributed by atoms with Gasteiger partial charge in [0.05, 0.1) is 18.3 Å². The quantitative estimate of drug-likeness (QED) is 0.804. The Morgan fingerprint density at radius 3 is 2.83 bits per heavy atom. The first-order valence-corrected chi connectivity index (χ1v) is 8.83. The van der Waals surface area contributed by atoms with E-state index in [0.29, 0.717) is 12.0 Å². The van der Waals surface area contributed by atoms with E-state index in [2.05, 4.69) is 52.1 Å². The minimum absolute atomic E-state index is 0.428. The fraction of sp³-hybridized carbons (Fsp3) is 0.706. The summed E-state index contributed by atoms with van der Waals surface area (Å²) in [7, 11) is 6.46. The van der Waals surface area contributed by atoms with E-state index < -0.39 is 0 Å². The molecule has 2 atom stereocenters. The van der Waals surface area contributed by atoms with Gasteiger partial charge in [-0.15, -0.1) is 0 Å². The summed E-state index contributed by atoms with van der Waals surface area (Å²) < 4.78 is 4.00. The number of hydrogen-bond acceptors (Lipinski definition) is 5. The third-order valence-corrected chi connectivity index (χ3v) is 5.12. The highest BCUT2D eigenvalue weighted by Crippen LogP contribution is 2.35. The fourth-order valence-corrected chi connectivity index (χ4v) is 3.97. The number of rotatable bonds is 6. The molecule has 0 saturated carbocycles. The zero-order chi connectivity index (χ0) is 17.1. The highest BCUT2D eigenvalue weighted by Gasteiger charge is 2.33. The second kappa shape index (κ2) is 7.44. The molecule has 3 rings (SSSR count). The van der Waals surface area contributed by atoms with Crippen molar-refractivity contribution in [3.8, 4) is 0 Å². The van der Waals surface area contributed by atoms with Crippen molar-refractivity contribution >= 4 is 0 Å². The molecule has 1 fully saturated rings. The van der Waals surface area contributed by atoms with E-state index in [1.54, 1.807) is 6.33 Å². The van der Waals surface area contributed by atoms with Gasteiger partial charge in [-0.3, -0.25) is 14.5 Å². The molecule has 1 saturated heterocycles. The average molecular weight is 331 g/mol. The van der Waals surface area contributed by atoms with Gasteiger partial charge in [0, 0.05) is 26.3 Å². The summed E-state index contributed by atoms with van der Waals surface area (Å²) in [6.07, 6.45) is 6.07. The summed E-state index contributed by atoms with van der Waals surface area (Å²) in [5.74, 6) is 1.64. The topological polar surface area (TPSA) is 55.0 Å². The van der Waals surface area contributed by atoms with Gasteiger partial charge < -0.3 is 0 Å². The van der Waals surface area contributed by atoms with Gasteiger partial charge >= 0.3 is 0 Å². The standard InChI is InChI=1S/C17H29N7/c1-5-24-16(18-13-20-24)12-21(2)11-14-7-6-10-22(3)17(14)15-8-9-19-23(15)4/h8-9,13-14,17H,5-7,10-12H2,1-4H3/t14-,17+/m0/s1. The largest absolute Gasteiger partial charge is 0.299 e. The van der Waals surface area contributed by atoms with Crippen LogP contribution in [0.25, 0.3) is 0 Å². The molecule has 0 amide bonds. The number of aryl methyl sites for hydroxylation is 2. The summed E-state index contributed by atoms with van der Waals surface area (Å²) in [6, 6.07) is 2.59. The van der Waals surface area contributed by atoms with E-state index >= 15 is 0 Å². The third kappa shape index (κ3) is 3.52. The van der Waals surface area contributed by atoms with Gasteiger partial charge in [-0.25, -0.2) is 9.67 Å². The molecule has 24 heavy (non-hydrogen) atoms. The Bertz CT molecular complexity index is 647. The summed E-state index contributed by atoms with van der Waals surface area (Å²) in [5, 5.41) is 8.65. The molecule has 1 aliphatic heterocycles. The van der Waals surface area contributed by atoms with E-state index in [0.717, 1.165) is 32.0 Å². The average Bonchev–Trinajstić information content (AvgIpc) is 3.16. The summed E-state index contributed by atoms with van der Waals surface area (Å²) in [6.45, 7) is 6.02. The summed E-state index contributed by atoms with van der Waals surface area (Å²) in [5.41, 5.74) is 1.31. The van der Waals surface area contributed by atoms with Crippen LogP contribution in [0, 0.1) is 5.92 Å². The molecule has 7 heteroatoms. The monoisotopic (exact) mass is 331 g/mol. The molecule has 0 spiro atoms. The van der Waals surface area contributed by atoms with Gasteiger partial charge in [0.25, 0.3) is 0 Å². The third-order valence-electron chi connectivity index (χ3n) is 5.12. The SMILES string of the molecule is CCn1ncnc1CN(C)C[C@@H]1CCCN(C)[C@H]1c1ccnn1C. The van der Waals surface area contributed by atoms with Crippen molar-refractivity contribution in [2.75, 3.05) is 27.2 Å². The predicted octanol–water partition coefficient (Wildman–Crippen LogP) is 1.55. The zero-order valence-corrected chi connectivity index (χ0v) is 15.3. The lowest BCUT2D eigenvalue weighted by Gasteiger charge is -2.40. The second-order valence-electron chi connectivity index (χ2n) is 6.90. The molecule has 0 aliphatic carbocycles. The van der Waals surface area contributed by atoms with E-state index in [1.807, 2.05) is 22.6 Å². The molecule has 132 valence electrons. The molecular formula is C17H29N7. The first-order valence-electron chi connectivity index (χ1n) is 8.83. The molecule has 0 bridgehead atoms. The molecule has 0 aromatic carbocycles. The van der Waals surface area contributed by atoms with Gasteiger partial charge in [-0.2, -0.15) is 10.2 Å². The van der Waals surface area contributed by atoms with Crippen LogP contribution in [0.5, 0.6) is 0 Å². The molecule has 3 heterocycles. The van der Waals surface area contributed by atoms with Crippen LogP contribution in [0.4, 0.5) is 0 Å². The lowest BCUT2D eigenvalue weighted by molar-refractivity contribution is 0.0863. The minimum atomic E-state index is 0.428. The fourth-order valence-electron chi connectivity index (χ4n) is 3.97. The van der Waals surface area contributed by atoms with Crippen molar-refractivity contribution in [2.45, 2.75) is 38.9 Å². The summed E-state index contributed by atoms with van der Waals surface area (Å²) >= 11 is 0. The van der Waals surface area contributed by atoms with Crippen LogP contribution >= 0.6 is 0 Å². The molecule has 0 radical (unpaired) electrons. The van der Waals surface area contributed by atoms with Crippen molar-refractivity contribution in [1.82, 2.24) is 34.3 Å². The summed E-state index contributed by atoms with van der Waals surface area (Å²) in [4.78, 5) is 9.26. The second-order valence-corrected chi connectivity index (χ2v) is 6.90. The van der Waals surface area contributed by atoms with Crippen molar-refractivity contribution in [1.29, 1.82) is 0 Å². The number of hydrogen-bond donors (Lipinski definition) is 0. The van der Waals surface area contributed by atoms with Gasteiger partial charge in [0.1, 0.15) is 12.2 Å². The molecule has 7 nitrogen and oxygen atoms in total. The van der Waals surface area contributed by atoms with Crippen LogP contribution in [0.15, 0.2) is 18.6 Å². The first kappa shape index (κ1) is 17.1. The van der Waals surface area contributed by atoms with Crippen LogP contribution in [0.3, 0.4) is 0 Å². The van der Waals surface area contributed by atoms with E-state index in [-0.39, 0.29) is 0 Å². The smallest absolute Gasteiger partial charge is 0.140 e. The Kier molecular flexibility index (Phi) is 5.30. The molecule has 0 unspecified atom stereocenters. The maximum Gasteiger partial charge on any atom is 0.140 e. The normalized spacial score (nSPS) is 22.4. The Hall–Kier alpha value is -1.73. The lowest BCUT2D eigenvalue weighted by atomic mass is 9.87. The lowest BCUT2D eigenvalue weighted by Crippen LogP contribution is -2.41. The number of piperidine rings is 1. The van der Waals surface area contributed by atoms with Crippen LogP contribution < -0.4 is 0 Å². The first-order chi connectivity index (χ1) is 11.6. The Balaban J connectivity index is 1.70. The van der Waals surface area contributed by atoms with E-state index in [1.165, 1.54) is 18.5 Å². The molecule has 0 N–H and O–H groups in total. The Labute approximate surface area is 144 Å². The van der Waals surface area contributed by atoms with Crippen molar-refractivity contribution < 1.29 is 0 Å². The van der Waals surface area contributed by atoms with E-state index in [9.17, 15) is 0 Å². The number of likely N-dealkylation sites (tertiary alicyclic amines) is 1. The molecule has 1 aliphatic rings. The molecule has 2 aromatic heterocycles. The minimum Gasteiger partial charge on any atom is -0.299 e. The highest BCUT2D eigenvalue weighted by molar-refractivity contribution is 5.10. The van der Waals surface area contributed by atoms with Crippen LogP contribution in [0.1, 0.15) is 37.3 Å². The van der Waals surface area contributed by atoms with Crippen molar-refractivity contribution in [2.24, 2.45) is 13.0 Å². The van der Waals surface area contributed by atoms with Gasteiger partial charge in [-0.05, 0) is 52.4 Å². The van der Waals surface area contributed by atoms with Gasteiger partial charge in [0.2, 0.25) is 0 Å². The molecule has 2 aromatic rings. The van der Waals surface area contributed by atoms with Crippen molar-refractivity contribution in [3.63, 3.8) is 0 Å². The van der Waals surface area contributed by atoms with Crippen LogP contribution in [0.2, 0.25) is 0 Å². The Morgan fingerprint density at radius 1 is 1.29 bits per heavy atom. The van der Waals surface area contributed by atoms with Crippen LogP contribution in [-0.2, 0) is 20.1 Å². The predicted molar refractivity (Wildman–Crippen MR) is 93.3 cm³/mol. The van der Waals surface area contributed by atoms with Gasteiger partial charge in [-0.1, -0.05) is 0 Å². The number of nitrogens with zero attached hydrogens (tertiary/aromatic N) is 7. The van der Waals surface area contributed by atoms with Crippen LogP contribution in [-0.4, -0.2) is 61.5 Å². The molecular weight excluding hydrogens is 302 g/mol. The number of aromatic nitrogens is 5. The van der Waals surface area contributed by atoms with Crippen molar-refractivity contribution in [3.05, 3.63) is 30.1 Å². The zero-order valence-electron chi connectivity index (χ0n) is 15.3. The maximum atomic E-state index is 4.40. The maximum absolute atomic E-state index is 4.40. The Morgan fingerprint density at radius 2 is 2.12 bits per heavy atom. The highest BCUT2D eigenvalue weighted by atomic mass is 15.3.